The molecule has 0 aliphatic rings. The largest absolute Gasteiger partial charge is 0.469 e. The molecule has 0 aliphatic heterocycles. The maximum atomic E-state index is 11.2. The van der Waals surface area contributed by atoms with E-state index in [1.54, 1.807) is 18.2 Å². The predicted octanol–water partition coefficient (Wildman–Crippen LogP) is 3.90. The molecule has 0 bridgehead atoms. The molecule has 1 unspecified atom stereocenters. The molecule has 1 N–H and O–H groups in total. The molecule has 27 heavy (non-hydrogen) atoms. The molecule has 1 atom stereocenters. The average molecular weight is 415 g/mol. The van der Waals surface area contributed by atoms with Crippen LogP contribution in [0.25, 0.3) is 0 Å². The molecule has 148 valence electrons. The Bertz CT molecular complexity index is 695. The summed E-state index contributed by atoms with van der Waals surface area (Å²) in [6, 6.07) is 6.49. The molecule has 0 spiro atoms. The van der Waals surface area contributed by atoms with Crippen molar-refractivity contribution in [2.75, 3.05) is 18.6 Å². The molecule has 0 heterocycles. The number of thioether (sulfide) groups is 1. The summed E-state index contributed by atoms with van der Waals surface area (Å²) in [6.07, 6.45) is 3.87. The van der Waals surface area contributed by atoms with E-state index in [9.17, 15) is 20.0 Å². The van der Waals surface area contributed by atoms with E-state index in [-0.39, 0.29) is 17.9 Å². The lowest BCUT2D eigenvalue weighted by Gasteiger charge is -2.18. The molecule has 0 fully saturated rings. The quantitative estimate of drug-likeness (QED) is 0.181. The molecule has 0 saturated heterocycles. The summed E-state index contributed by atoms with van der Waals surface area (Å²) >= 11 is 7.22. The van der Waals surface area contributed by atoms with Gasteiger partial charge in [-0.3, -0.25) is 14.9 Å². The van der Waals surface area contributed by atoms with Gasteiger partial charge in [0.1, 0.15) is 0 Å². The van der Waals surface area contributed by atoms with E-state index in [4.69, 9.17) is 16.9 Å². The number of aliphatic hydroxyl groups is 1. The van der Waals surface area contributed by atoms with E-state index in [0.29, 0.717) is 17.0 Å². The number of halogens is 1. The third kappa shape index (κ3) is 8.61. The van der Waals surface area contributed by atoms with Crippen molar-refractivity contribution in [3.8, 4) is 6.07 Å². The fourth-order valence-corrected chi connectivity index (χ4v) is 3.69. The van der Waals surface area contributed by atoms with Crippen LogP contribution in [-0.4, -0.2) is 40.2 Å². The van der Waals surface area contributed by atoms with Gasteiger partial charge in [-0.1, -0.05) is 30.5 Å². The zero-order chi connectivity index (χ0) is 20.3. The van der Waals surface area contributed by atoms with Crippen LogP contribution >= 0.6 is 23.4 Å². The summed E-state index contributed by atoms with van der Waals surface area (Å²) in [7, 11) is 1.21. The number of esters is 1. The van der Waals surface area contributed by atoms with Gasteiger partial charge in [-0.2, -0.15) is 17.0 Å². The Morgan fingerprint density at radius 2 is 2.11 bits per heavy atom. The number of benzene rings is 1. The number of aryl methyl sites for hydroxylation is 1. The minimum Gasteiger partial charge on any atom is -0.469 e. The van der Waals surface area contributed by atoms with Crippen molar-refractivity contribution < 1.29 is 19.6 Å². The number of hydrogen-bond donors (Lipinski definition) is 1. The highest BCUT2D eigenvalue weighted by Crippen LogP contribution is 2.25. The molecular formula is C18H23ClN2O5S. The van der Waals surface area contributed by atoms with Crippen molar-refractivity contribution in [2.45, 2.75) is 44.1 Å². The van der Waals surface area contributed by atoms with Crippen LogP contribution in [-0.2, 0) is 16.0 Å². The fourth-order valence-electron chi connectivity index (χ4n) is 2.47. The van der Waals surface area contributed by atoms with E-state index in [2.05, 4.69) is 4.74 Å². The van der Waals surface area contributed by atoms with Crippen LogP contribution in [0.4, 0.5) is 5.69 Å². The molecule has 0 amide bonds. The molecule has 1 aromatic rings. The van der Waals surface area contributed by atoms with Gasteiger partial charge in [0.05, 0.1) is 24.5 Å². The third-order valence-electron chi connectivity index (χ3n) is 3.94. The third-order valence-corrected chi connectivity index (χ3v) is 5.44. The van der Waals surface area contributed by atoms with Crippen molar-refractivity contribution in [3.63, 3.8) is 0 Å². The number of methoxy groups -OCH3 is 1. The Hall–Kier alpha value is -1.82. The second-order valence-electron chi connectivity index (χ2n) is 6.14. The van der Waals surface area contributed by atoms with Gasteiger partial charge in [-0.25, -0.2) is 0 Å². The second-order valence-corrected chi connectivity index (χ2v) is 7.68. The van der Waals surface area contributed by atoms with E-state index in [1.807, 2.05) is 0 Å². The van der Waals surface area contributed by atoms with E-state index in [1.165, 1.54) is 24.9 Å². The van der Waals surface area contributed by atoms with Gasteiger partial charge in [0.15, 0.2) is 5.60 Å². The van der Waals surface area contributed by atoms with Crippen molar-refractivity contribution in [1.82, 2.24) is 0 Å². The van der Waals surface area contributed by atoms with E-state index in [0.717, 1.165) is 31.4 Å². The summed E-state index contributed by atoms with van der Waals surface area (Å²) in [4.78, 5) is 21.8. The topological polar surface area (TPSA) is 113 Å². The standard InChI is InChI=1S/C18H23ClN2O5S/c1-26-17(22)11-18(23,12-20)13-27-9-5-3-2-4-6-14-7-8-15(19)10-16(14)21(24)25/h7-8,10,23H,2-6,9,11,13H2,1H3. The molecule has 0 radical (unpaired) electrons. The lowest BCUT2D eigenvalue weighted by molar-refractivity contribution is -0.385. The number of ether oxygens (including phenoxy) is 1. The number of carbonyl (C=O) groups is 1. The Morgan fingerprint density at radius 3 is 2.74 bits per heavy atom. The van der Waals surface area contributed by atoms with Crippen LogP contribution < -0.4 is 0 Å². The summed E-state index contributed by atoms with van der Waals surface area (Å²) in [6.45, 7) is 0. The number of nitrogens with zero attached hydrogens (tertiary/aromatic N) is 2. The van der Waals surface area contributed by atoms with Crippen molar-refractivity contribution >= 4 is 35.0 Å². The Balaban J connectivity index is 2.24. The number of nitro benzene ring substituents is 1. The summed E-state index contributed by atoms with van der Waals surface area (Å²) < 4.78 is 4.48. The lowest BCUT2D eigenvalue weighted by atomic mass is 10.0. The first-order valence-electron chi connectivity index (χ1n) is 8.52. The van der Waals surface area contributed by atoms with Gasteiger partial charge in [0.2, 0.25) is 0 Å². The van der Waals surface area contributed by atoms with Gasteiger partial charge in [0, 0.05) is 22.4 Å². The SMILES string of the molecule is COC(=O)CC(O)(C#N)CSCCCCCCc1ccc(Cl)cc1[N+](=O)[O-]. The molecule has 9 heteroatoms. The fraction of sp³-hybridized carbons (Fsp3) is 0.556. The second kappa shape index (κ2) is 11.8. The van der Waals surface area contributed by atoms with E-state index < -0.39 is 16.5 Å². The molecule has 1 aromatic carbocycles. The zero-order valence-electron chi connectivity index (χ0n) is 15.1. The normalized spacial score (nSPS) is 12.8. The highest BCUT2D eigenvalue weighted by molar-refractivity contribution is 7.99. The number of nitriles is 1. The Morgan fingerprint density at radius 1 is 1.41 bits per heavy atom. The first-order valence-corrected chi connectivity index (χ1v) is 10.1. The van der Waals surface area contributed by atoms with Crippen LogP contribution in [0.1, 0.15) is 37.7 Å². The highest BCUT2D eigenvalue weighted by Gasteiger charge is 2.30. The summed E-state index contributed by atoms with van der Waals surface area (Å²) in [5.74, 6) is 0.290. The Kier molecular flexibility index (Phi) is 10.1. The number of rotatable bonds is 12. The summed E-state index contributed by atoms with van der Waals surface area (Å²) in [5.41, 5.74) is -0.967. The lowest BCUT2D eigenvalue weighted by Crippen LogP contribution is -2.33. The molecular weight excluding hydrogens is 392 g/mol. The minimum atomic E-state index is -1.70. The smallest absolute Gasteiger partial charge is 0.309 e. The van der Waals surface area contributed by atoms with Crippen LogP contribution in [0.15, 0.2) is 18.2 Å². The summed E-state index contributed by atoms with van der Waals surface area (Å²) in [5, 5.41) is 30.4. The number of hydrogen-bond acceptors (Lipinski definition) is 7. The van der Waals surface area contributed by atoms with Gasteiger partial charge >= 0.3 is 5.97 Å². The molecule has 0 aromatic heterocycles. The van der Waals surface area contributed by atoms with Gasteiger partial charge in [-0.05, 0) is 31.1 Å². The van der Waals surface area contributed by atoms with Crippen LogP contribution in [0.3, 0.4) is 0 Å². The molecule has 0 saturated carbocycles. The first kappa shape index (κ1) is 23.2. The molecule has 0 aliphatic carbocycles. The van der Waals surface area contributed by atoms with Crippen molar-refractivity contribution in [2.24, 2.45) is 0 Å². The van der Waals surface area contributed by atoms with Crippen LogP contribution in [0, 0.1) is 21.4 Å². The van der Waals surface area contributed by atoms with Crippen LogP contribution in [0.2, 0.25) is 5.02 Å². The van der Waals surface area contributed by atoms with Crippen molar-refractivity contribution in [1.29, 1.82) is 5.26 Å². The minimum absolute atomic E-state index is 0.0550. The predicted molar refractivity (Wildman–Crippen MR) is 105 cm³/mol. The van der Waals surface area contributed by atoms with Crippen molar-refractivity contribution in [3.05, 3.63) is 38.9 Å². The van der Waals surface area contributed by atoms with Gasteiger partial charge in [0.25, 0.3) is 5.69 Å². The first-order chi connectivity index (χ1) is 12.8. The highest BCUT2D eigenvalue weighted by atomic mass is 35.5. The zero-order valence-corrected chi connectivity index (χ0v) is 16.7. The molecule has 7 nitrogen and oxygen atoms in total. The number of unbranched alkanes of at least 4 members (excludes halogenated alkanes) is 3. The molecule has 1 rings (SSSR count). The van der Waals surface area contributed by atoms with Crippen LogP contribution in [0.5, 0.6) is 0 Å². The Labute approximate surface area is 167 Å². The maximum Gasteiger partial charge on any atom is 0.309 e. The number of carbonyl (C=O) groups excluding carboxylic acids is 1. The van der Waals surface area contributed by atoms with Gasteiger partial charge < -0.3 is 9.84 Å². The van der Waals surface area contributed by atoms with Gasteiger partial charge in [-0.15, -0.1) is 0 Å². The average Bonchev–Trinajstić information content (AvgIpc) is 2.64. The monoisotopic (exact) mass is 414 g/mol. The van der Waals surface area contributed by atoms with E-state index >= 15 is 0 Å². The number of nitro groups is 1. The maximum absolute atomic E-state index is 11.2.